The third kappa shape index (κ3) is 4.72. The number of benzene rings is 2. The van der Waals surface area contributed by atoms with Crippen molar-refractivity contribution >= 4 is 17.7 Å². The highest BCUT2D eigenvalue weighted by Crippen LogP contribution is 2.25. The van der Waals surface area contributed by atoms with Gasteiger partial charge in [-0.3, -0.25) is 4.79 Å². The van der Waals surface area contributed by atoms with Crippen molar-refractivity contribution in [3.05, 3.63) is 71.1 Å². The van der Waals surface area contributed by atoms with Crippen molar-refractivity contribution in [2.75, 3.05) is 31.2 Å². The second kappa shape index (κ2) is 8.93. The molecule has 0 spiro atoms. The molecule has 1 atom stereocenters. The van der Waals surface area contributed by atoms with Crippen molar-refractivity contribution in [2.45, 2.75) is 13.0 Å². The molecule has 0 saturated carbocycles. The molecule has 0 radical (unpaired) electrons. The van der Waals surface area contributed by atoms with Gasteiger partial charge in [0.05, 0.1) is 24.9 Å². The van der Waals surface area contributed by atoms with Gasteiger partial charge in [0, 0.05) is 24.7 Å². The lowest BCUT2D eigenvalue weighted by molar-refractivity contribution is -0.117. The highest BCUT2D eigenvalue weighted by molar-refractivity contribution is 5.92. The molecule has 0 aliphatic carbocycles. The van der Waals surface area contributed by atoms with Crippen molar-refractivity contribution in [3.8, 4) is 0 Å². The molecule has 1 aliphatic rings. The normalized spacial score (nSPS) is 15.6. The van der Waals surface area contributed by atoms with Gasteiger partial charge < -0.3 is 15.0 Å². The Bertz CT molecular complexity index is 860. The van der Waals surface area contributed by atoms with E-state index in [0.29, 0.717) is 32.0 Å². The van der Waals surface area contributed by atoms with Crippen LogP contribution in [-0.4, -0.2) is 32.2 Å². The Hall–Kier alpha value is -2.80. The number of nitrogens with one attached hydrogen (secondary N) is 1. The van der Waals surface area contributed by atoms with Gasteiger partial charge in [-0.05, 0) is 42.8 Å². The summed E-state index contributed by atoms with van der Waals surface area (Å²) in [6.45, 7) is 4.02. The number of ether oxygens (including phenoxy) is 1. The van der Waals surface area contributed by atoms with E-state index in [1.54, 1.807) is 19.1 Å². The van der Waals surface area contributed by atoms with Crippen LogP contribution in [0.2, 0.25) is 0 Å². The summed E-state index contributed by atoms with van der Waals surface area (Å²) in [5, 5.41) is 2.72. The van der Waals surface area contributed by atoms with Gasteiger partial charge in [0.25, 0.3) is 0 Å². The minimum absolute atomic E-state index is 0.276. The number of nitrogens with zero attached hydrogens (tertiary/aromatic N) is 1. The first-order valence-electron chi connectivity index (χ1n) is 9.00. The first-order chi connectivity index (χ1) is 13.5. The number of hydrogen-bond acceptors (Lipinski definition) is 3. The van der Waals surface area contributed by atoms with Crippen LogP contribution in [0.3, 0.4) is 0 Å². The van der Waals surface area contributed by atoms with Crippen LogP contribution in [0.25, 0.3) is 6.08 Å². The van der Waals surface area contributed by atoms with Crippen molar-refractivity contribution in [1.82, 2.24) is 5.32 Å². The number of hydrogen-bond donors (Lipinski definition) is 1. The lowest BCUT2D eigenvalue weighted by Gasteiger charge is -2.29. The fraction of sp³-hybridized carbons (Fsp3) is 0.286. The maximum Gasteiger partial charge on any atom is 0.244 e. The fourth-order valence-corrected chi connectivity index (χ4v) is 3.02. The maximum atomic E-state index is 14.2. The Labute approximate surface area is 161 Å². The molecular weight excluding hydrogens is 369 g/mol. The lowest BCUT2D eigenvalue weighted by atomic mass is 10.1. The molecule has 148 valence electrons. The number of amides is 1. The van der Waals surface area contributed by atoms with E-state index in [0.717, 1.165) is 29.8 Å². The van der Waals surface area contributed by atoms with E-state index in [1.165, 1.54) is 12.1 Å². The summed E-state index contributed by atoms with van der Waals surface area (Å²) < 4.78 is 46.7. The molecule has 1 fully saturated rings. The van der Waals surface area contributed by atoms with E-state index in [1.807, 2.05) is 4.90 Å². The van der Waals surface area contributed by atoms with E-state index in [2.05, 4.69) is 5.32 Å². The SMILES string of the molecule is CC(NC(=O)/C=C/c1c(F)cccc1F)c1ccc(F)c(N2CCOCC2)c1. The Morgan fingerprint density at radius 2 is 1.79 bits per heavy atom. The van der Waals surface area contributed by atoms with Crippen LogP contribution in [0.15, 0.2) is 42.5 Å². The van der Waals surface area contributed by atoms with Crippen LogP contribution in [0.1, 0.15) is 24.1 Å². The molecule has 4 nitrogen and oxygen atoms in total. The van der Waals surface area contributed by atoms with E-state index < -0.39 is 23.6 Å². The smallest absolute Gasteiger partial charge is 0.244 e. The van der Waals surface area contributed by atoms with Gasteiger partial charge >= 0.3 is 0 Å². The molecule has 1 N–H and O–H groups in total. The third-order valence-corrected chi connectivity index (χ3v) is 4.58. The Morgan fingerprint density at radius 3 is 2.46 bits per heavy atom. The zero-order valence-corrected chi connectivity index (χ0v) is 15.4. The lowest BCUT2D eigenvalue weighted by Crippen LogP contribution is -2.37. The summed E-state index contributed by atoms with van der Waals surface area (Å²) in [7, 11) is 0. The van der Waals surface area contributed by atoms with Gasteiger partial charge in [-0.25, -0.2) is 13.2 Å². The summed E-state index contributed by atoms with van der Waals surface area (Å²) in [6.07, 6.45) is 2.17. The summed E-state index contributed by atoms with van der Waals surface area (Å²) in [6, 6.07) is 7.75. The molecule has 3 rings (SSSR count). The Kier molecular flexibility index (Phi) is 6.36. The number of morpholine rings is 1. The third-order valence-electron chi connectivity index (χ3n) is 4.58. The van der Waals surface area contributed by atoms with Gasteiger partial charge in [-0.2, -0.15) is 0 Å². The quantitative estimate of drug-likeness (QED) is 0.789. The molecule has 28 heavy (non-hydrogen) atoms. The van der Waals surface area contributed by atoms with Crippen molar-refractivity contribution in [2.24, 2.45) is 0 Å². The van der Waals surface area contributed by atoms with E-state index >= 15 is 0 Å². The Morgan fingerprint density at radius 1 is 1.11 bits per heavy atom. The van der Waals surface area contributed by atoms with Crippen molar-refractivity contribution < 1.29 is 22.7 Å². The minimum atomic E-state index is -0.745. The van der Waals surface area contributed by atoms with Gasteiger partial charge in [0.2, 0.25) is 5.91 Å². The van der Waals surface area contributed by atoms with Crippen molar-refractivity contribution in [1.29, 1.82) is 0 Å². The topological polar surface area (TPSA) is 41.6 Å². The fourth-order valence-electron chi connectivity index (χ4n) is 3.02. The summed E-state index contributed by atoms with van der Waals surface area (Å²) >= 11 is 0. The van der Waals surface area contributed by atoms with Crippen LogP contribution in [0.4, 0.5) is 18.9 Å². The summed E-state index contributed by atoms with van der Waals surface area (Å²) in [5.41, 5.74) is 0.911. The largest absolute Gasteiger partial charge is 0.378 e. The molecule has 1 unspecified atom stereocenters. The molecule has 1 amide bonds. The number of anilines is 1. The van der Waals surface area contributed by atoms with Gasteiger partial charge in [0.15, 0.2) is 0 Å². The molecule has 7 heteroatoms. The van der Waals surface area contributed by atoms with Crippen LogP contribution >= 0.6 is 0 Å². The monoisotopic (exact) mass is 390 g/mol. The average Bonchev–Trinajstić information content (AvgIpc) is 2.68. The average molecular weight is 390 g/mol. The standard InChI is InChI=1S/C21H21F3N2O2/c1-14(25-21(27)8-6-16-17(22)3-2-4-18(16)23)15-5-7-19(24)20(13-15)26-9-11-28-12-10-26/h2-8,13-14H,9-12H2,1H3,(H,25,27)/b8-6+. The van der Waals surface area contributed by atoms with Gasteiger partial charge in [0.1, 0.15) is 17.5 Å². The minimum Gasteiger partial charge on any atom is -0.378 e. The molecule has 0 bridgehead atoms. The molecule has 2 aromatic rings. The van der Waals surface area contributed by atoms with Crippen LogP contribution in [-0.2, 0) is 9.53 Å². The second-order valence-corrected chi connectivity index (χ2v) is 6.51. The molecule has 1 heterocycles. The van der Waals surface area contributed by atoms with Gasteiger partial charge in [-0.15, -0.1) is 0 Å². The molecule has 1 saturated heterocycles. The van der Waals surface area contributed by atoms with Gasteiger partial charge in [-0.1, -0.05) is 12.1 Å². The first kappa shape index (κ1) is 19.9. The highest BCUT2D eigenvalue weighted by atomic mass is 19.1. The number of carbonyl (C=O) groups excluding carboxylic acids is 1. The molecule has 2 aromatic carbocycles. The first-order valence-corrected chi connectivity index (χ1v) is 9.00. The number of carbonyl (C=O) groups is 1. The number of rotatable bonds is 5. The number of halogens is 3. The summed E-state index contributed by atoms with van der Waals surface area (Å²) in [4.78, 5) is 14.0. The van der Waals surface area contributed by atoms with E-state index in [-0.39, 0.29) is 11.4 Å². The van der Waals surface area contributed by atoms with Crippen LogP contribution in [0.5, 0.6) is 0 Å². The second-order valence-electron chi connectivity index (χ2n) is 6.51. The van der Waals surface area contributed by atoms with Crippen molar-refractivity contribution in [3.63, 3.8) is 0 Å². The zero-order valence-electron chi connectivity index (χ0n) is 15.4. The Balaban J connectivity index is 1.69. The zero-order chi connectivity index (χ0) is 20.1. The van der Waals surface area contributed by atoms with E-state index in [9.17, 15) is 18.0 Å². The molecular formula is C21H21F3N2O2. The van der Waals surface area contributed by atoms with E-state index in [4.69, 9.17) is 4.74 Å². The maximum absolute atomic E-state index is 14.2. The van der Waals surface area contributed by atoms with Crippen LogP contribution in [0, 0.1) is 17.5 Å². The highest BCUT2D eigenvalue weighted by Gasteiger charge is 2.17. The summed E-state index contributed by atoms with van der Waals surface area (Å²) in [5.74, 6) is -2.33. The van der Waals surface area contributed by atoms with Crippen LogP contribution < -0.4 is 10.2 Å². The molecule has 1 aliphatic heterocycles. The predicted octanol–water partition coefficient (Wildman–Crippen LogP) is 3.83. The predicted molar refractivity (Wildman–Crippen MR) is 101 cm³/mol. The molecule has 0 aromatic heterocycles.